The Morgan fingerprint density at radius 1 is 0.793 bits per heavy atom. The smallest absolute Gasteiger partial charge is 0.311 e. The van der Waals surface area contributed by atoms with Gasteiger partial charge in [0.15, 0.2) is 0 Å². The van der Waals surface area contributed by atoms with Crippen LogP contribution in [0.1, 0.15) is 42.1 Å². The van der Waals surface area contributed by atoms with Crippen LogP contribution in [0.25, 0.3) is 0 Å². The van der Waals surface area contributed by atoms with Crippen molar-refractivity contribution >= 4 is 0 Å². The van der Waals surface area contributed by atoms with Crippen LogP contribution in [-0.4, -0.2) is 13.1 Å². The first-order valence-corrected chi connectivity index (χ1v) is 9.24. The molecule has 1 unspecified atom stereocenters. The Balaban J connectivity index is 2.14. The maximum Gasteiger partial charge on any atom is 0.416 e. The molecule has 2 N–H and O–H groups in total. The largest absolute Gasteiger partial charge is 0.416 e. The van der Waals surface area contributed by atoms with Crippen LogP contribution in [0.3, 0.4) is 0 Å². The average Bonchev–Trinajstić information content (AvgIpc) is 2.63. The molecule has 2 nitrogen and oxygen atoms in total. The van der Waals surface area contributed by atoms with E-state index < -0.39 is 23.5 Å². The van der Waals surface area contributed by atoms with Crippen LogP contribution in [0, 0.1) is 5.92 Å². The van der Waals surface area contributed by atoms with Crippen molar-refractivity contribution in [3.63, 3.8) is 0 Å². The van der Waals surface area contributed by atoms with Gasteiger partial charge in [-0.1, -0.05) is 44.2 Å². The van der Waals surface area contributed by atoms with Crippen molar-refractivity contribution in [2.24, 2.45) is 5.92 Å². The van der Waals surface area contributed by atoms with Gasteiger partial charge in [-0.25, -0.2) is 0 Å². The summed E-state index contributed by atoms with van der Waals surface area (Å²) in [6, 6.07) is 11.0. The van der Waals surface area contributed by atoms with Crippen molar-refractivity contribution in [2.45, 2.75) is 38.8 Å². The van der Waals surface area contributed by atoms with E-state index in [1.165, 1.54) is 0 Å². The van der Waals surface area contributed by atoms with E-state index in [9.17, 15) is 26.3 Å². The third-order valence-corrected chi connectivity index (χ3v) is 4.30. The number of rotatable bonds is 8. The van der Waals surface area contributed by atoms with Crippen molar-refractivity contribution in [1.82, 2.24) is 10.6 Å². The number of alkyl halides is 6. The summed E-state index contributed by atoms with van der Waals surface area (Å²) in [5.74, 6) is 0.388. The predicted molar refractivity (Wildman–Crippen MR) is 100 cm³/mol. The molecule has 0 aliphatic carbocycles. The summed E-state index contributed by atoms with van der Waals surface area (Å²) in [5.41, 5.74) is -1.69. The molecule has 2 rings (SSSR count). The molecule has 29 heavy (non-hydrogen) atoms. The van der Waals surface area contributed by atoms with Gasteiger partial charge in [0.25, 0.3) is 0 Å². The van der Waals surface area contributed by atoms with Crippen LogP contribution in [0.2, 0.25) is 0 Å². The maximum atomic E-state index is 13.0. The monoisotopic (exact) mass is 418 g/mol. The van der Waals surface area contributed by atoms with Crippen LogP contribution in [0.5, 0.6) is 0 Å². The second-order valence-corrected chi connectivity index (χ2v) is 7.31. The van der Waals surface area contributed by atoms with Crippen LogP contribution < -0.4 is 10.6 Å². The van der Waals surface area contributed by atoms with E-state index in [4.69, 9.17) is 0 Å². The Kier molecular flexibility index (Phi) is 7.71. The molecule has 0 fully saturated rings. The minimum absolute atomic E-state index is 0.0668. The molecule has 1 atom stereocenters. The molecule has 0 aliphatic rings. The predicted octanol–water partition coefficient (Wildman–Crippen LogP) is 5.80. The lowest BCUT2D eigenvalue weighted by molar-refractivity contribution is -0.143. The minimum Gasteiger partial charge on any atom is -0.311 e. The Hall–Kier alpha value is -2.06. The molecule has 8 heteroatoms. The van der Waals surface area contributed by atoms with Gasteiger partial charge in [0.2, 0.25) is 0 Å². The van der Waals surface area contributed by atoms with Gasteiger partial charge in [0, 0.05) is 19.1 Å². The Bertz CT molecular complexity index is 737. The van der Waals surface area contributed by atoms with Crippen LogP contribution >= 0.6 is 0 Å². The number of benzene rings is 2. The SMILES string of the molecule is CC(C)CNC(CNCc1cc(C(F)(F)F)cc(C(F)(F)F)c1)c1ccccc1. The number of hydrogen-bond donors (Lipinski definition) is 2. The molecule has 0 saturated carbocycles. The lowest BCUT2D eigenvalue weighted by atomic mass is 10.0. The number of hydrogen-bond acceptors (Lipinski definition) is 2. The van der Waals surface area contributed by atoms with Gasteiger partial charge in [-0.15, -0.1) is 0 Å². The highest BCUT2D eigenvalue weighted by atomic mass is 19.4. The van der Waals surface area contributed by atoms with E-state index in [0.29, 0.717) is 12.5 Å². The van der Waals surface area contributed by atoms with Gasteiger partial charge in [-0.3, -0.25) is 0 Å². The molecule has 0 aliphatic heterocycles. The van der Waals surface area contributed by atoms with Crippen molar-refractivity contribution in [1.29, 1.82) is 0 Å². The topological polar surface area (TPSA) is 24.1 Å². The van der Waals surface area contributed by atoms with Crippen LogP contribution in [-0.2, 0) is 18.9 Å². The molecule has 0 bridgehead atoms. The number of halogens is 6. The van der Waals surface area contributed by atoms with Crippen molar-refractivity contribution in [2.75, 3.05) is 13.1 Å². The highest BCUT2D eigenvalue weighted by Gasteiger charge is 2.36. The maximum absolute atomic E-state index is 13.0. The molecular formula is C21H24F6N2. The zero-order valence-electron chi connectivity index (χ0n) is 16.2. The Morgan fingerprint density at radius 2 is 1.34 bits per heavy atom. The molecule has 2 aromatic rings. The van der Waals surface area contributed by atoms with Gasteiger partial charge in [-0.05, 0) is 41.8 Å². The lowest BCUT2D eigenvalue weighted by Gasteiger charge is -2.21. The standard InChI is InChI=1S/C21H24F6N2/c1-14(2)11-29-19(16-6-4-3-5-7-16)13-28-12-15-8-17(20(22,23)24)10-18(9-15)21(25,26)27/h3-10,14,19,28-29H,11-13H2,1-2H3. The normalized spacial score (nSPS) is 13.7. The first-order valence-electron chi connectivity index (χ1n) is 9.24. The van der Waals surface area contributed by atoms with Crippen molar-refractivity contribution in [3.05, 3.63) is 70.8 Å². The molecular weight excluding hydrogens is 394 g/mol. The molecule has 0 radical (unpaired) electrons. The van der Waals surface area contributed by atoms with E-state index in [-0.39, 0.29) is 24.2 Å². The lowest BCUT2D eigenvalue weighted by Crippen LogP contribution is -2.33. The summed E-state index contributed by atoms with van der Waals surface area (Å²) in [5, 5.41) is 6.35. The van der Waals surface area contributed by atoms with E-state index in [1.807, 2.05) is 44.2 Å². The summed E-state index contributed by atoms with van der Waals surface area (Å²) in [4.78, 5) is 0. The van der Waals surface area contributed by atoms with Gasteiger partial charge in [0.1, 0.15) is 0 Å². The van der Waals surface area contributed by atoms with Crippen molar-refractivity contribution < 1.29 is 26.3 Å². The summed E-state index contributed by atoms with van der Waals surface area (Å²) in [6.45, 7) is 5.06. The quantitative estimate of drug-likeness (QED) is 0.530. The average molecular weight is 418 g/mol. The minimum atomic E-state index is -4.85. The molecule has 160 valence electrons. The number of nitrogens with one attached hydrogen (secondary N) is 2. The third kappa shape index (κ3) is 7.36. The fraction of sp³-hybridized carbons (Fsp3) is 0.429. The van der Waals surface area contributed by atoms with Crippen LogP contribution in [0.15, 0.2) is 48.5 Å². The fourth-order valence-electron chi connectivity index (χ4n) is 2.85. The summed E-state index contributed by atoms with van der Waals surface area (Å²) in [6.07, 6.45) is -9.69. The van der Waals surface area contributed by atoms with Crippen molar-refractivity contribution in [3.8, 4) is 0 Å². The highest BCUT2D eigenvalue weighted by molar-refractivity contribution is 5.33. The summed E-state index contributed by atoms with van der Waals surface area (Å²) >= 11 is 0. The van der Waals surface area contributed by atoms with E-state index in [2.05, 4.69) is 10.6 Å². The van der Waals surface area contributed by atoms with E-state index in [0.717, 1.165) is 24.2 Å². The van der Waals surface area contributed by atoms with E-state index in [1.54, 1.807) is 0 Å². The Labute approximate surface area is 166 Å². The molecule has 0 aromatic heterocycles. The zero-order chi connectivity index (χ0) is 21.7. The van der Waals surface area contributed by atoms with Gasteiger partial charge in [0.05, 0.1) is 11.1 Å². The van der Waals surface area contributed by atoms with E-state index >= 15 is 0 Å². The van der Waals surface area contributed by atoms with Crippen LogP contribution in [0.4, 0.5) is 26.3 Å². The zero-order valence-corrected chi connectivity index (χ0v) is 16.2. The molecule has 0 amide bonds. The first kappa shape index (κ1) is 23.2. The second-order valence-electron chi connectivity index (χ2n) is 7.31. The first-order chi connectivity index (χ1) is 13.5. The van der Waals surface area contributed by atoms with Gasteiger partial charge in [-0.2, -0.15) is 26.3 Å². The molecule has 0 spiro atoms. The third-order valence-electron chi connectivity index (χ3n) is 4.30. The fourth-order valence-corrected chi connectivity index (χ4v) is 2.85. The molecule has 0 saturated heterocycles. The molecule has 0 heterocycles. The summed E-state index contributed by atoms with van der Waals surface area (Å²) in [7, 11) is 0. The highest BCUT2D eigenvalue weighted by Crippen LogP contribution is 2.36. The Morgan fingerprint density at radius 3 is 1.83 bits per heavy atom. The van der Waals surface area contributed by atoms with Gasteiger partial charge < -0.3 is 10.6 Å². The van der Waals surface area contributed by atoms with Gasteiger partial charge >= 0.3 is 12.4 Å². The molecule has 2 aromatic carbocycles. The second kappa shape index (κ2) is 9.63. The summed E-state index contributed by atoms with van der Waals surface area (Å²) < 4.78 is 77.9.